The molecule has 0 bridgehead atoms. The Morgan fingerprint density at radius 1 is 1.12 bits per heavy atom. The van der Waals surface area contributed by atoms with Crippen molar-refractivity contribution in [1.82, 2.24) is 20.2 Å². The Morgan fingerprint density at radius 3 is 2.65 bits per heavy atom. The minimum atomic E-state index is 0.147. The highest BCUT2D eigenvalue weighted by atomic mass is 16.3. The Bertz CT molecular complexity index is 1110. The van der Waals surface area contributed by atoms with E-state index >= 15 is 0 Å². The first kappa shape index (κ1) is 15.6. The minimum absolute atomic E-state index is 0.147. The molecule has 4 heterocycles. The normalized spacial score (nSPS) is 10.6. The van der Waals surface area contributed by atoms with Crippen molar-refractivity contribution in [3.8, 4) is 40.2 Å². The van der Waals surface area contributed by atoms with E-state index in [4.69, 9.17) is 10.2 Å². The van der Waals surface area contributed by atoms with E-state index in [9.17, 15) is 5.26 Å². The third-order valence-electron chi connectivity index (χ3n) is 4.11. The number of aromatic nitrogens is 4. The first-order valence-corrected chi connectivity index (χ1v) is 7.90. The van der Waals surface area contributed by atoms with Crippen LogP contribution in [0.1, 0.15) is 11.1 Å². The molecule has 0 spiro atoms. The average molecular weight is 342 g/mol. The molecular formula is C19H14N6O. The van der Waals surface area contributed by atoms with Crippen molar-refractivity contribution in [2.75, 3.05) is 5.73 Å². The first-order valence-electron chi connectivity index (χ1n) is 7.90. The van der Waals surface area contributed by atoms with E-state index in [1.165, 1.54) is 0 Å². The second-order valence-electron chi connectivity index (χ2n) is 5.68. The predicted octanol–water partition coefficient (Wildman–Crippen LogP) is 3.56. The highest BCUT2D eigenvalue weighted by Crippen LogP contribution is 2.37. The maximum Gasteiger partial charge on any atom is 0.152 e. The Balaban J connectivity index is 1.93. The summed E-state index contributed by atoms with van der Waals surface area (Å²) in [5.74, 6) is 1.30. The third-order valence-corrected chi connectivity index (χ3v) is 4.11. The monoisotopic (exact) mass is 342 g/mol. The molecule has 3 N–H and O–H groups in total. The molecule has 4 aromatic rings. The Labute approximate surface area is 149 Å². The molecule has 0 fully saturated rings. The molecule has 7 heteroatoms. The van der Waals surface area contributed by atoms with Gasteiger partial charge >= 0.3 is 0 Å². The van der Waals surface area contributed by atoms with Gasteiger partial charge in [0.2, 0.25) is 0 Å². The molecule has 4 rings (SSSR count). The van der Waals surface area contributed by atoms with Crippen molar-refractivity contribution in [2.45, 2.75) is 6.92 Å². The lowest BCUT2D eigenvalue weighted by Crippen LogP contribution is -2.03. The van der Waals surface area contributed by atoms with Crippen molar-refractivity contribution in [2.24, 2.45) is 0 Å². The number of H-pyrrole nitrogens is 1. The van der Waals surface area contributed by atoms with Crippen LogP contribution in [0.4, 0.5) is 5.82 Å². The number of nitrogens with one attached hydrogen (secondary N) is 1. The molecule has 0 aliphatic heterocycles. The van der Waals surface area contributed by atoms with Gasteiger partial charge in [0.05, 0.1) is 11.4 Å². The van der Waals surface area contributed by atoms with Crippen LogP contribution in [0.5, 0.6) is 0 Å². The van der Waals surface area contributed by atoms with E-state index in [2.05, 4.69) is 26.2 Å². The molecule has 126 valence electrons. The van der Waals surface area contributed by atoms with Crippen molar-refractivity contribution in [3.05, 3.63) is 59.9 Å². The molecule has 0 radical (unpaired) electrons. The topological polar surface area (TPSA) is 117 Å². The van der Waals surface area contributed by atoms with Crippen molar-refractivity contribution < 1.29 is 4.42 Å². The largest absolute Gasteiger partial charge is 0.454 e. The zero-order valence-corrected chi connectivity index (χ0v) is 13.9. The number of nitrogens with zero attached hydrogens (tertiary/aromatic N) is 4. The average Bonchev–Trinajstić information content (AvgIpc) is 3.35. The van der Waals surface area contributed by atoms with Crippen LogP contribution in [0.25, 0.3) is 34.2 Å². The van der Waals surface area contributed by atoms with Gasteiger partial charge in [-0.25, -0.2) is 4.98 Å². The summed E-state index contributed by atoms with van der Waals surface area (Å²) < 4.78 is 5.96. The van der Waals surface area contributed by atoms with Crippen LogP contribution in [0.3, 0.4) is 0 Å². The molecule has 0 aliphatic rings. The van der Waals surface area contributed by atoms with E-state index in [1.54, 1.807) is 24.5 Å². The number of nitrogen functional groups attached to an aromatic ring is 1. The van der Waals surface area contributed by atoms with Crippen LogP contribution in [0, 0.1) is 18.3 Å². The number of nitriles is 1. The van der Waals surface area contributed by atoms with Gasteiger partial charge in [-0.1, -0.05) is 6.07 Å². The van der Waals surface area contributed by atoms with E-state index in [1.807, 2.05) is 31.2 Å². The number of hydrogen-bond donors (Lipinski definition) is 2. The molecule has 0 saturated carbocycles. The second kappa shape index (κ2) is 6.18. The fourth-order valence-corrected chi connectivity index (χ4v) is 2.88. The van der Waals surface area contributed by atoms with E-state index in [0.29, 0.717) is 28.5 Å². The van der Waals surface area contributed by atoms with E-state index in [-0.39, 0.29) is 11.4 Å². The molecular weight excluding hydrogens is 328 g/mol. The standard InChI is InChI=1S/C19H14N6O/c1-11-17(16-6-5-15(26-16)13-7-9-23-25-13)12(10-20)19(21)24-18(11)14-4-2-3-8-22-14/h2-9H,1H3,(H2,21,24)(H,23,25). The summed E-state index contributed by atoms with van der Waals surface area (Å²) in [6.07, 6.45) is 3.33. The van der Waals surface area contributed by atoms with Gasteiger partial charge in [-0.2, -0.15) is 10.4 Å². The fourth-order valence-electron chi connectivity index (χ4n) is 2.88. The number of aromatic amines is 1. The summed E-state index contributed by atoms with van der Waals surface area (Å²) in [5.41, 5.74) is 9.79. The molecule has 0 amide bonds. The highest BCUT2D eigenvalue weighted by Gasteiger charge is 2.21. The molecule has 0 aromatic carbocycles. The summed E-state index contributed by atoms with van der Waals surface area (Å²) >= 11 is 0. The molecule has 7 nitrogen and oxygen atoms in total. The number of pyridine rings is 2. The Hall–Kier alpha value is -3.92. The fraction of sp³-hybridized carbons (Fsp3) is 0.0526. The van der Waals surface area contributed by atoms with Gasteiger partial charge in [0.25, 0.3) is 0 Å². The van der Waals surface area contributed by atoms with Crippen LogP contribution in [-0.2, 0) is 0 Å². The maximum atomic E-state index is 9.59. The lowest BCUT2D eigenvalue weighted by molar-refractivity contribution is 0.594. The maximum absolute atomic E-state index is 9.59. The minimum Gasteiger partial charge on any atom is -0.454 e. The smallest absolute Gasteiger partial charge is 0.152 e. The quantitative estimate of drug-likeness (QED) is 0.588. The van der Waals surface area contributed by atoms with Crippen molar-refractivity contribution >= 4 is 5.82 Å². The summed E-state index contributed by atoms with van der Waals surface area (Å²) in [4.78, 5) is 8.73. The van der Waals surface area contributed by atoms with E-state index in [0.717, 1.165) is 11.3 Å². The van der Waals surface area contributed by atoms with Crippen molar-refractivity contribution in [1.29, 1.82) is 5.26 Å². The van der Waals surface area contributed by atoms with Gasteiger partial charge in [-0.15, -0.1) is 0 Å². The highest BCUT2D eigenvalue weighted by molar-refractivity contribution is 5.82. The Morgan fingerprint density at radius 2 is 1.96 bits per heavy atom. The number of rotatable bonds is 3. The van der Waals surface area contributed by atoms with Gasteiger partial charge in [0.15, 0.2) is 5.76 Å². The molecule has 4 aromatic heterocycles. The molecule has 0 atom stereocenters. The predicted molar refractivity (Wildman–Crippen MR) is 96.6 cm³/mol. The van der Waals surface area contributed by atoms with Gasteiger partial charge in [-0.3, -0.25) is 10.1 Å². The summed E-state index contributed by atoms with van der Waals surface area (Å²) in [6.45, 7) is 1.88. The summed E-state index contributed by atoms with van der Waals surface area (Å²) in [7, 11) is 0. The van der Waals surface area contributed by atoms with Crippen LogP contribution in [0.2, 0.25) is 0 Å². The van der Waals surface area contributed by atoms with Crippen LogP contribution >= 0.6 is 0 Å². The number of nitrogens with two attached hydrogens (primary N) is 1. The van der Waals surface area contributed by atoms with Gasteiger partial charge in [-0.05, 0) is 42.8 Å². The van der Waals surface area contributed by atoms with Crippen molar-refractivity contribution in [3.63, 3.8) is 0 Å². The lowest BCUT2D eigenvalue weighted by atomic mass is 9.98. The van der Waals surface area contributed by atoms with Gasteiger partial charge in [0, 0.05) is 18.0 Å². The third kappa shape index (κ3) is 2.50. The molecule has 0 aliphatic carbocycles. The van der Waals surface area contributed by atoms with Gasteiger partial charge in [0.1, 0.15) is 28.9 Å². The number of hydrogen-bond acceptors (Lipinski definition) is 6. The number of furan rings is 1. The molecule has 0 saturated heterocycles. The van der Waals surface area contributed by atoms with E-state index < -0.39 is 0 Å². The zero-order chi connectivity index (χ0) is 18.1. The summed E-state index contributed by atoms with van der Waals surface area (Å²) in [5, 5.41) is 16.4. The lowest BCUT2D eigenvalue weighted by Gasteiger charge is -2.12. The first-order chi connectivity index (χ1) is 12.7. The molecule has 26 heavy (non-hydrogen) atoms. The molecule has 0 unspecified atom stereocenters. The van der Waals surface area contributed by atoms with Gasteiger partial charge < -0.3 is 10.2 Å². The van der Waals surface area contributed by atoms with Crippen LogP contribution in [-0.4, -0.2) is 20.2 Å². The van der Waals surface area contributed by atoms with Crippen LogP contribution < -0.4 is 5.73 Å². The summed E-state index contributed by atoms with van der Waals surface area (Å²) in [6, 6.07) is 13.1. The second-order valence-corrected chi connectivity index (χ2v) is 5.68. The Kier molecular flexibility index (Phi) is 3.71. The number of anilines is 1. The van der Waals surface area contributed by atoms with Crippen LogP contribution in [0.15, 0.2) is 53.2 Å². The SMILES string of the molecule is Cc1c(-c2ccccn2)nc(N)c(C#N)c1-c1ccc(-c2ccn[nH]2)o1. The zero-order valence-electron chi connectivity index (χ0n) is 13.9.